The lowest BCUT2D eigenvalue weighted by molar-refractivity contribution is 0.0481. The highest BCUT2D eigenvalue weighted by atomic mass is 16.3. The van der Waals surface area contributed by atoms with Crippen LogP contribution in [0, 0.1) is 13.8 Å². The van der Waals surface area contributed by atoms with Gasteiger partial charge in [-0.25, -0.2) is 0 Å². The molecule has 0 aliphatic carbocycles. The molecule has 1 rings (SSSR count). The Balaban J connectivity index is 3.02. The molecule has 0 bridgehead atoms. The summed E-state index contributed by atoms with van der Waals surface area (Å²) < 4.78 is 0. The van der Waals surface area contributed by atoms with Crippen LogP contribution >= 0.6 is 0 Å². The van der Waals surface area contributed by atoms with Crippen molar-refractivity contribution in [3.05, 3.63) is 47.5 Å². The van der Waals surface area contributed by atoms with Crippen molar-refractivity contribution in [3.8, 4) is 0 Å². The van der Waals surface area contributed by atoms with Gasteiger partial charge in [-0.3, -0.25) is 0 Å². The molecule has 0 amide bonds. The average Bonchev–Trinajstić information content (AvgIpc) is 2.18. The highest BCUT2D eigenvalue weighted by Gasteiger charge is 2.23. The Morgan fingerprint density at radius 1 is 1.40 bits per heavy atom. The van der Waals surface area contributed by atoms with E-state index >= 15 is 0 Å². The Bertz CT molecular complexity index is 350. The summed E-state index contributed by atoms with van der Waals surface area (Å²) in [4.78, 5) is 0. The quantitative estimate of drug-likeness (QED) is 0.744. The fraction of sp³-hybridized carbons (Fsp3) is 0.429. The molecular formula is C14H20O. The van der Waals surface area contributed by atoms with Crippen LogP contribution in [-0.2, 0) is 5.60 Å². The summed E-state index contributed by atoms with van der Waals surface area (Å²) >= 11 is 0. The molecule has 82 valence electrons. The summed E-state index contributed by atoms with van der Waals surface area (Å²) in [6.45, 7) is 9.65. The smallest absolute Gasteiger partial charge is 0.0874 e. The minimum absolute atomic E-state index is 0.723. The van der Waals surface area contributed by atoms with E-state index in [4.69, 9.17) is 0 Å². The van der Waals surface area contributed by atoms with Crippen LogP contribution in [0.1, 0.15) is 36.5 Å². The zero-order valence-corrected chi connectivity index (χ0v) is 9.88. The minimum atomic E-state index is -0.746. The number of hydrogen-bond acceptors (Lipinski definition) is 1. The van der Waals surface area contributed by atoms with Crippen LogP contribution in [0.25, 0.3) is 0 Å². The second-order valence-electron chi connectivity index (χ2n) is 4.42. The predicted octanol–water partition coefficient (Wildman–Crippen LogP) is 3.48. The van der Waals surface area contributed by atoms with Gasteiger partial charge in [-0.05, 0) is 44.7 Å². The summed E-state index contributed by atoms with van der Waals surface area (Å²) in [6.07, 6.45) is 3.40. The van der Waals surface area contributed by atoms with Crippen molar-refractivity contribution in [2.75, 3.05) is 0 Å². The predicted molar refractivity (Wildman–Crippen MR) is 64.9 cm³/mol. The minimum Gasteiger partial charge on any atom is -0.385 e. The maximum absolute atomic E-state index is 10.4. The number of hydrogen-bond donors (Lipinski definition) is 1. The van der Waals surface area contributed by atoms with Gasteiger partial charge in [0.05, 0.1) is 5.60 Å². The summed E-state index contributed by atoms with van der Waals surface area (Å²) in [5.74, 6) is 0. The number of aryl methyl sites for hydroxylation is 2. The molecule has 15 heavy (non-hydrogen) atoms. The molecule has 0 spiro atoms. The van der Waals surface area contributed by atoms with Crippen LogP contribution in [0.5, 0.6) is 0 Å². The van der Waals surface area contributed by atoms with Crippen molar-refractivity contribution in [2.45, 2.75) is 39.2 Å². The highest BCUT2D eigenvalue weighted by molar-refractivity contribution is 5.34. The SMILES string of the molecule is C=CCCC(C)(O)c1cc(C)ccc1C. The largest absolute Gasteiger partial charge is 0.385 e. The van der Waals surface area contributed by atoms with Crippen molar-refractivity contribution in [1.29, 1.82) is 0 Å². The molecular weight excluding hydrogens is 184 g/mol. The van der Waals surface area contributed by atoms with E-state index in [0.29, 0.717) is 0 Å². The summed E-state index contributed by atoms with van der Waals surface area (Å²) in [7, 11) is 0. The molecule has 0 fully saturated rings. The summed E-state index contributed by atoms with van der Waals surface area (Å²) in [6, 6.07) is 6.20. The Morgan fingerprint density at radius 2 is 2.07 bits per heavy atom. The molecule has 0 heterocycles. The third kappa shape index (κ3) is 2.93. The van der Waals surface area contributed by atoms with Crippen LogP contribution in [-0.4, -0.2) is 5.11 Å². The zero-order chi connectivity index (χ0) is 11.5. The lowest BCUT2D eigenvalue weighted by Crippen LogP contribution is -2.22. The number of aliphatic hydroxyl groups is 1. The summed E-state index contributed by atoms with van der Waals surface area (Å²) in [5, 5.41) is 10.4. The normalized spacial score (nSPS) is 14.7. The van der Waals surface area contributed by atoms with E-state index in [1.807, 2.05) is 26.8 Å². The van der Waals surface area contributed by atoms with Gasteiger partial charge >= 0.3 is 0 Å². The number of benzene rings is 1. The first-order valence-electron chi connectivity index (χ1n) is 5.38. The molecule has 1 N–H and O–H groups in total. The lowest BCUT2D eigenvalue weighted by Gasteiger charge is -2.25. The second kappa shape index (κ2) is 4.63. The van der Waals surface area contributed by atoms with E-state index in [1.165, 1.54) is 5.56 Å². The molecule has 1 nitrogen and oxygen atoms in total. The Labute approximate surface area is 92.5 Å². The average molecular weight is 204 g/mol. The zero-order valence-electron chi connectivity index (χ0n) is 9.88. The van der Waals surface area contributed by atoms with Crippen LogP contribution in [0.2, 0.25) is 0 Å². The molecule has 0 aromatic heterocycles. The van der Waals surface area contributed by atoms with Crippen molar-refractivity contribution in [2.24, 2.45) is 0 Å². The molecule has 1 atom stereocenters. The molecule has 0 saturated heterocycles. The molecule has 1 aromatic carbocycles. The van der Waals surface area contributed by atoms with Gasteiger partial charge in [-0.15, -0.1) is 6.58 Å². The molecule has 1 heteroatoms. The Kier molecular flexibility index (Phi) is 3.70. The Hall–Kier alpha value is -1.08. The number of rotatable bonds is 4. The van der Waals surface area contributed by atoms with E-state index < -0.39 is 5.60 Å². The van der Waals surface area contributed by atoms with Gasteiger partial charge in [0.2, 0.25) is 0 Å². The molecule has 0 radical (unpaired) electrons. The third-order valence-corrected chi connectivity index (χ3v) is 2.81. The van der Waals surface area contributed by atoms with Gasteiger partial charge < -0.3 is 5.11 Å². The van der Waals surface area contributed by atoms with E-state index in [-0.39, 0.29) is 0 Å². The van der Waals surface area contributed by atoms with Gasteiger partial charge in [0.25, 0.3) is 0 Å². The fourth-order valence-corrected chi connectivity index (χ4v) is 1.83. The highest BCUT2D eigenvalue weighted by Crippen LogP contribution is 2.29. The maximum atomic E-state index is 10.4. The van der Waals surface area contributed by atoms with Crippen molar-refractivity contribution < 1.29 is 5.11 Å². The Morgan fingerprint density at radius 3 is 2.67 bits per heavy atom. The van der Waals surface area contributed by atoms with Crippen molar-refractivity contribution in [1.82, 2.24) is 0 Å². The van der Waals surface area contributed by atoms with E-state index in [1.54, 1.807) is 0 Å². The van der Waals surface area contributed by atoms with Gasteiger partial charge in [-0.2, -0.15) is 0 Å². The topological polar surface area (TPSA) is 20.2 Å². The standard InChI is InChI=1S/C14H20O/c1-5-6-9-14(4,15)13-10-11(2)7-8-12(13)3/h5,7-8,10,15H,1,6,9H2,2-4H3. The van der Waals surface area contributed by atoms with Gasteiger partial charge in [0.15, 0.2) is 0 Å². The van der Waals surface area contributed by atoms with Crippen LogP contribution < -0.4 is 0 Å². The van der Waals surface area contributed by atoms with E-state index in [9.17, 15) is 5.11 Å². The van der Waals surface area contributed by atoms with Crippen LogP contribution in [0.3, 0.4) is 0 Å². The molecule has 0 saturated carbocycles. The lowest BCUT2D eigenvalue weighted by atomic mass is 9.87. The van der Waals surface area contributed by atoms with Gasteiger partial charge in [-0.1, -0.05) is 29.8 Å². The molecule has 0 aliphatic rings. The van der Waals surface area contributed by atoms with Crippen molar-refractivity contribution >= 4 is 0 Å². The maximum Gasteiger partial charge on any atom is 0.0874 e. The first-order valence-corrected chi connectivity index (χ1v) is 5.38. The summed E-state index contributed by atoms with van der Waals surface area (Å²) in [5.41, 5.74) is 2.62. The fourth-order valence-electron chi connectivity index (χ4n) is 1.83. The molecule has 1 unspecified atom stereocenters. The first-order chi connectivity index (χ1) is 6.97. The monoisotopic (exact) mass is 204 g/mol. The molecule has 0 aliphatic heterocycles. The van der Waals surface area contributed by atoms with Crippen LogP contribution in [0.15, 0.2) is 30.9 Å². The van der Waals surface area contributed by atoms with E-state index in [0.717, 1.165) is 24.0 Å². The second-order valence-corrected chi connectivity index (χ2v) is 4.42. The van der Waals surface area contributed by atoms with Crippen molar-refractivity contribution in [3.63, 3.8) is 0 Å². The first kappa shape index (κ1) is 12.0. The van der Waals surface area contributed by atoms with Gasteiger partial charge in [0, 0.05) is 0 Å². The third-order valence-electron chi connectivity index (χ3n) is 2.81. The molecule has 1 aromatic rings. The van der Waals surface area contributed by atoms with E-state index in [2.05, 4.69) is 24.8 Å². The van der Waals surface area contributed by atoms with Gasteiger partial charge in [0.1, 0.15) is 0 Å². The van der Waals surface area contributed by atoms with Crippen LogP contribution in [0.4, 0.5) is 0 Å². The number of allylic oxidation sites excluding steroid dienone is 1.